The highest BCUT2D eigenvalue weighted by Gasteiger charge is 2.38. The van der Waals surface area contributed by atoms with Gasteiger partial charge in [-0.25, -0.2) is 9.78 Å². The second kappa shape index (κ2) is 16.0. The maximum absolute atomic E-state index is 13.9. The maximum atomic E-state index is 13.9. The van der Waals surface area contributed by atoms with Crippen molar-refractivity contribution in [3.05, 3.63) is 97.5 Å². The summed E-state index contributed by atoms with van der Waals surface area (Å²) in [4.78, 5) is 35.1. The van der Waals surface area contributed by atoms with Gasteiger partial charge < -0.3 is 24.1 Å². The van der Waals surface area contributed by atoms with Crippen LogP contribution in [0.5, 0.6) is 11.5 Å². The predicted molar refractivity (Wildman–Crippen MR) is 189 cm³/mol. The second-order valence-corrected chi connectivity index (χ2v) is 15.5. The van der Waals surface area contributed by atoms with E-state index in [2.05, 4.69) is 9.88 Å². The summed E-state index contributed by atoms with van der Waals surface area (Å²) in [7, 11) is 0. The van der Waals surface area contributed by atoms with E-state index in [9.17, 15) is 28.7 Å². The molecule has 0 radical (unpaired) electrons. The van der Waals surface area contributed by atoms with Crippen molar-refractivity contribution in [2.75, 3.05) is 31.1 Å². The van der Waals surface area contributed by atoms with Gasteiger partial charge in [-0.2, -0.15) is 8.78 Å². The fraction of sp³-hybridized carbons (Fsp3) is 0.405. The normalized spacial score (nSPS) is 19.9. The summed E-state index contributed by atoms with van der Waals surface area (Å²) in [6, 6.07) is 11.3. The first-order chi connectivity index (χ1) is 25.5. The number of hydrogen-bond donors (Lipinski definition) is 1. The summed E-state index contributed by atoms with van der Waals surface area (Å²) in [6.45, 7) is -0.265. The molecular formula is C37H36Cl2F2N4O7S. The molecule has 6 heterocycles. The number of aromatic nitrogens is 2. The van der Waals surface area contributed by atoms with Crippen molar-refractivity contribution in [3.8, 4) is 11.5 Å². The number of benzene rings is 1. The average Bonchev–Trinajstić information content (AvgIpc) is 3.87. The summed E-state index contributed by atoms with van der Waals surface area (Å²) in [5.74, 6) is -1.47. The zero-order valence-electron chi connectivity index (χ0n) is 28.3. The molecule has 0 unspecified atom stereocenters. The molecule has 2 atom stereocenters. The molecule has 4 aliphatic rings. The van der Waals surface area contributed by atoms with Crippen LogP contribution in [0.3, 0.4) is 0 Å². The molecule has 8 rings (SSSR count). The standard InChI is InChI=1S/C37H36Cl2F2N4O7S/c38-28-17-44(49)18-29(39)27(28)15-25(23-6-7-30(51-36(40)41)31(13-23)50-20-21-4-5-21)26-14-24(53-34(26)35(46)47)16-45(33-3-1-2-10-42-33)37(48)52-32-19-43-11-8-22(32)9-12-43/h1-3,6-7,10,13-14,17-18,21-22,25,32,36H,4-5,8-9,11-12,15-16,19-20H2,(H-,46,47,49)/t25-,32-/m0/s1. The van der Waals surface area contributed by atoms with Crippen LogP contribution < -0.4 is 24.2 Å². The van der Waals surface area contributed by atoms with E-state index in [1.165, 1.54) is 23.4 Å². The number of alkyl halides is 2. The number of halogens is 4. The molecule has 1 aliphatic carbocycles. The van der Waals surface area contributed by atoms with E-state index in [0.717, 1.165) is 50.1 Å². The van der Waals surface area contributed by atoms with Gasteiger partial charge in [-0.15, -0.1) is 11.3 Å². The summed E-state index contributed by atoms with van der Waals surface area (Å²) >= 11 is 14.0. The minimum absolute atomic E-state index is 0.0254. The van der Waals surface area contributed by atoms with Crippen LogP contribution in [0.25, 0.3) is 0 Å². The molecular weight excluding hydrogens is 753 g/mol. The van der Waals surface area contributed by atoms with Crippen LogP contribution in [0, 0.1) is 11.8 Å². The molecule has 3 saturated heterocycles. The number of nitrogens with zero attached hydrogens (tertiary/aromatic N) is 4. The van der Waals surface area contributed by atoms with Gasteiger partial charge in [0, 0.05) is 33.8 Å². The number of carboxylic acids is 1. The molecule has 1 N–H and O–H groups in total. The first-order valence-electron chi connectivity index (χ1n) is 17.3. The first-order valence-corrected chi connectivity index (χ1v) is 18.8. The van der Waals surface area contributed by atoms with Crippen LogP contribution in [0.2, 0.25) is 10.0 Å². The summed E-state index contributed by atoms with van der Waals surface area (Å²) in [6.07, 6.45) is 7.00. The van der Waals surface area contributed by atoms with Crippen molar-refractivity contribution < 1.29 is 47.6 Å². The van der Waals surface area contributed by atoms with E-state index in [0.29, 0.717) is 51.2 Å². The van der Waals surface area contributed by atoms with E-state index < -0.39 is 24.6 Å². The molecule has 3 aromatic heterocycles. The molecule has 2 bridgehead atoms. The Labute approximate surface area is 318 Å². The van der Waals surface area contributed by atoms with Crippen molar-refractivity contribution in [1.82, 2.24) is 9.88 Å². The Morgan fingerprint density at radius 3 is 2.45 bits per heavy atom. The Hall–Kier alpha value is -4.24. The molecule has 16 heteroatoms. The fourth-order valence-electron chi connectivity index (χ4n) is 6.99. The highest BCUT2D eigenvalue weighted by molar-refractivity contribution is 7.14. The molecule has 4 fully saturated rings. The first kappa shape index (κ1) is 37.1. The lowest BCUT2D eigenvalue weighted by atomic mass is 9.85. The number of carbonyl (C=O) groups is 2. The molecule has 11 nitrogen and oxygen atoms in total. The quantitative estimate of drug-likeness (QED) is 0.115. The molecule has 1 amide bonds. The Bertz CT molecular complexity index is 1940. The van der Waals surface area contributed by atoms with E-state index >= 15 is 0 Å². The van der Waals surface area contributed by atoms with Gasteiger partial charge in [0.2, 0.25) is 12.4 Å². The number of carbonyl (C=O) groups excluding carboxylic acids is 2. The zero-order chi connectivity index (χ0) is 37.2. The number of piperidine rings is 3. The topological polar surface area (TPSA) is 128 Å². The van der Waals surface area contributed by atoms with E-state index in [4.69, 9.17) is 37.4 Å². The number of thiophene rings is 1. The number of aromatic carboxylic acids is 1. The Morgan fingerprint density at radius 2 is 1.83 bits per heavy atom. The van der Waals surface area contributed by atoms with Gasteiger partial charge in [0.25, 0.3) is 0 Å². The maximum Gasteiger partial charge on any atom is 0.416 e. The van der Waals surface area contributed by atoms with Crippen LogP contribution in [0.1, 0.15) is 62.8 Å². The molecule has 1 saturated carbocycles. The minimum Gasteiger partial charge on any atom is -0.544 e. The van der Waals surface area contributed by atoms with Crippen molar-refractivity contribution in [1.29, 1.82) is 0 Å². The van der Waals surface area contributed by atoms with Gasteiger partial charge in [-0.1, -0.05) is 35.3 Å². The third-order valence-corrected chi connectivity index (χ3v) is 11.7. The van der Waals surface area contributed by atoms with Crippen LogP contribution in [0.15, 0.2) is 61.1 Å². The van der Waals surface area contributed by atoms with E-state index in [1.54, 1.807) is 42.6 Å². The van der Waals surface area contributed by atoms with E-state index in [-0.39, 0.29) is 51.4 Å². The van der Waals surface area contributed by atoms with Gasteiger partial charge >= 0.3 is 12.7 Å². The third kappa shape index (κ3) is 8.77. The Kier molecular flexibility index (Phi) is 11.2. The van der Waals surface area contributed by atoms with Gasteiger partial charge in [-0.05, 0) is 98.5 Å². The van der Waals surface area contributed by atoms with Crippen molar-refractivity contribution in [2.24, 2.45) is 11.8 Å². The lowest BCUT2D eigenvalue weighted by Crippen LogP contribution is -2.53. The van der Waals surface area contributed by atoms with Crippen molar-refractivity contribution in [3.63, 3.8) is 0 Å². The predicted octanol–water partition coefficient (Wildman–Crippen LogP) is 6.34. The molecule has 280 valence electrons. The lowest BCUT2D eigenvalue weighted by molar-refractivity contribution is -0.904. The monoisotopic (exact) mass is 788 g/mol. The summed E-state index contributed by atoms with van der Waals surface area (Å²) in [5, 5.41) is 23.1. The zero-order valence-corrected chi connectivity index (χ0v) is 30.7. The summed E-state index contributed by atoms with van der Waals surface area (Å²) < 4.78 is 44.3. The van der Waals surface area contributed by atoms with Crippen LogP contribution in [-0.2, 0) is 17.7 Å². The number of amides is 1. The molecule has 4 aromatic rings. The number of ether oxygens (including phenoxy) is 3. The van der Waals surface area contributed by atoms with Crippen LogP contribution in [0.4, 0.5) is 19.4 Å². The van der Waals surface area contributed by atoms with Gasteiger partial charge in [0.15, 0.2) is 11.5 Å². The van der Waals surface area contributed by atoms with Crippen LogP contribution in [-0.4, -0.2) is 66.1 Å². The highest BCUT2D eigenvalue weighted by Crippen LogP contribution is 2.42. The Morgan fingerprint density at radius 1 is 1.08 bits per heavy atom. The van der Waals surface area contributed by atoms with E-state index in [1.807, 2.05) is 0 Å². The second-order valence-electron chi connectivity index (χ2n) is 13.5. The number of carboxylic acid groups (broad SMARTS) is 1. The van der Waals surface area contributed by atoms with Gasteiger partial charge in [-0.3, -0.25) is 15.0 Å². The Balaban J connectivity index is 1.27. The van der Waals surface area contributed by atoms with Gasteiger partial charge in [0.1, 0.15) is 22.0 Å². The number of anilines is 1. The molecule has 53 heavy (non-hydrogen) atoms. The number of pyridine rings is 2. The highest BCUT2D eigenvalue weighted by atomic mass is 35.5. The smallest absolute Gasteiger partial charge is 0.416 e. The number of hydrogen-bond acceptors (Lipinski definition) is 10. The van der Waals surface area contributed by atoms with Crippen molar-refractivity contribution >= 4 is 52.4 Å². The molecule has 1 aromatic carbocycles. The van der Waals surface area contributed by atoms with Gasteiger partial charge in [0.05, 0.1) is 24.0 Å². The minimum atomic E-state index is -3.10. The van der Waals surface area contributed by atoms with Crippen LogP contribution >= 0.6 is 34.5 Å². The number of rotatable bonds is 14. The third-order valence-electron chi connectivity index (χ3n) is 9.91. The largest absolute Gasteiger partial charge is 0.544 e. The summed E-state index contributed by atoms with van der Waals surface area (Å²) in [5.41, 5.74) is 1.19. The lowest BCUT2D eigenvalue weighted by Gasteiger charge is -2.44. The fourth-order valence-corrected chi connectivity index (χ4v) is 8.64. The average molecular weight is 790 g/mol. The van der Waals surface area contributed by atoms with Crippen molar-refractivity contribution in [2.45, 2.75) is 57.3 Å². The molecule has 3 aliphatic heterocycles. The SMILES string of the molecule is O=C([O-])c1sc(CN(C(=O)O[C@H]2CN3CCC2CC3)c2ccccn2)cc1[C@@H](Cc1c(Cl)c[n+](O)cc1Cl)c1ccc(OC(F)F)c(OCC2CC2)c1. The number of fused-ring (bicyclic) bond motifs is 3. The molecule has 0 spiro atoms.